The van der Waals surface area contributed by atoms with E-state index in [9.17, 15) is 4.79 Å². The number of nitrogens with zero attached hydrogens (tertiary/aromatic N) is 3. The maximum atomic E-state index is 11.5. The molecule has 2 heterocycles. The van der Waals surface area contributed by atoms with Crippen LogP contribution in [0.5, 0.6) is 0 Å². The van der Waals surface area contributed by atoms with Crippen molar-refractivity contribution in [3.05, 3.63) is 34.0 Å². The zero-order valence-corrected chi connectivity index (χ0v) is 13.3. The van der Waals surface area contributed by atoms with Gasteiger partial charge in [0.15, 0.2) is 5.16 Å². The molecule has 2 N–H and O–H groups in total. The van der Waals surface area contributed by atoms with Crippen LogP contribution < -0.4 is 10.9 Å². The molecular weight excluding hydrogens is 286 g/mol. The second-order valence-corrected chi connectivity index (χ2v) is 5.59. The number of hydrogen-bond acceptors (Lipinski definition) is 6. The van der Waals surface area contributed by atoms with Crippen molar-refractivity contribution in [1.29, 1.82) is 0 Å². The first-order chi connectivity index (χ1) is 10.1. The Morgan fingerprint density at radius 3 is 2.71 bits per heavy atom. The maximum absolute atomic E-state index is 11.5. The van der Waals surface area contributed by atoms with E-state index in [1.165, 1.54) is 17.8 Å². The molecule has 0 unspecified atom stereocenters. The Morgan fingerprint density at radius 1 is 1.24 bits per heavy atom. The summed E-state index contributed by atoms with van der Waals surface area (Å²) in [6, 6.07) is 3.34. The minimum absolute atomic E-state index is 0.154. The smallest absolute Gasteiger partial charge is 0.251 e. The third-order valence-electron chi connectivity index (χ3n) is 2.67. The van der Waals surface area contributed by atoms with Crippen LogP contribution in [0.1, 0.15) is 31.8 Å². The summed E-state index contributed by atoms with van der Waals surface area (Å²) in [6.45, 7) is 6.78. The quantitative estimate of drug-likeness (QED) is 0.630. The third-order valence-corrected chi connectivity index (χ3v) is 3.48. The van der Waals surface area contributed by atoms with Crippen molar-refractivity contribution in [3.8, 4) is 0 Å². The molecule has 2 aromatic heterocycles. The van der Waals surface area contributed by atoms with Crippen LogP contribution in [0.25, 0.3) is 0 Å². The largest absolute Gasteiger partial charge is 0.370 e. The van der Waals surface area contributed by atoms with Gasteiger partial charge in [0.25, 0.3) is 5.56 Å². The molecule has 0 bridgehead atoms. The second kappa shape index (κ2) is 7.21. The van der Waals surface area contributed by atoms with Crippen LogP contribution in [0.15, 0.2) is 27.1 Å². The van der Waals surface area contributed by atoms with E-state index in [1.807, 2.05) is 13.0 Å². The summed E-state index contributed by atoms with van der Waals surface area (Å²) in [5.41, 5.74) is 0.537. The highest BCUT2D eigenvalue weighted by molar-refractivity contribution is 7.99. The highest BCUT2D eigenvalue weighted by Crippen LogP contribution is 2.24. The van der Waals surface area contributed by atoms with Crippen LogP contribution in [0.4, 0.5) is 5.82 Å². The number of anilines is 1. The third kappa shape index (κ3) is 4.56. The number of rotatable bonds is 6. The maximum Gasteiger partial charge on any atom is 0.251 e. The Labute approximate surface area is 127 Å². The van der Waals surface area contributed by atoms with Gasteiger partial charge < -0.3 is 10.3 Å². The molecular formula is C14H19N5OS. The lowest BCUT2D eigenvalue weighted by Crippen LogP contribution is -2.09. The zero-order valence-electron chi connectivity index (χ0n) is 12.4. The standard InChI is InChI=1S/C14H19N5OS/c1-4-6-15-11-8-13(18-10(5-2)17-11)21-14-16-9(3)7-12(20)19-14/h7-8H,4-6H2,1-3H3,(H,15,17,18)(H,16,19,20). The van der Waals surface area contributed by atoms with Gasteiger partial charge in [-0.05, 0) is 25.1 Å². The topological polar surface area (TPSA) is 83.6 Å². The summed E-state index contributed by atoms with van der Waals surface area (Å²) in [5, 5.41) is 4.58. The molecule has 0 aromatic carbocycles. The SMILES string of the molecule is CCCNc1cc(Sc2nc(C)cc(=O)[nH]2)nc(CC)n1. The van der Waals surface area contributed by atoms with Gasteiger partial charge in [-0.15, -0.1) is 0 Å². The van der Waals surface area contributed by atoms with Crippen molar-refractivity contribution >= 4 is 17.6 Å². The molecule has 0 radical (unpaired) electrons. The summed E-state index contributed by atoms with van der Waals surface area (Å²) in [5.74, 6) is 1.58. The van der Waals surface area contributed by atoms with Crippen molar-refractivity contribution in [2.75, 3.05) is 11.9 Å². The molecule has 6 nitrogen and oxygen atoms in total. The Kier molecular flexibility index (Phi) is 5.32. The average molecular weight is 305 g/mol. The van der Waals surface area contributed by atoms with Crippen molar-refractivity contribution in [2.24, 2.45) is 0 Å². The van der Waals surface area contributed by atoms with Gasteiger partial charge in [0.1, 0.15) is 16.7 Å². The Balaban J connectivity index is 2.27. The molecule has 0 atom stereocenters. The molecule has 0 amide bonds. The summed E-state index contributed by atoms with van der Waals surface area (Å²) >= 11 is 1.34. The lowest BCUT2D eigenvalue weighted by atomic mass is 10.4. The highest BCUT2D eigenvalue weighted by Gasteiger charge is 2.07. The fraction of sp³-hybridized carbons (Fsp3) is 0.429. The minimum atomic E-state index is -0.154. The predicted octanol–water partition coefficient (Wildman–Crippen LogP) is 2.40. The van der Waals surface area contributed by atoms with E-state index in [0.29, 0.717) is 10.9 Å². The van der Waals surface area contributed by atoms with Gasteiger partial charge in [-0.3, -0.25) is 4.79 Å². The van der Waals surface area contributed by atoms with E-state index >= 15 is 0 Å². The summed E-state index contributed by atoms with van der Waals surface area (Å²) in [4.78, 5) is 27.4. The van der Waals surface area contributed by atoms with Gasteiger partial charge in [0, 0.05) is 30.8 Å². The Morgan fingerprint density at radius 2 is 2.05 bits per heavy atom. The molecule has 0 aliphatic rings. The Bertz CT molecular complexity index is 671. The van der Waals surface area contributed by atoms with Gasteiger partial charge in [-0.2, -0.15) is 0 Å². The number of nitrogens with one attached hydrogen (secondary N) is 2. The van der Waals surface area contributed by atoms with Crippen LogP contribution in [-0.4, -0.2) is 26.5 Å². The highest BCUT2D eigenvalue weighted by atomic mass is 32.2. The fourth-order valence-electron chi connectivity index (χ4n) is 1.73. The van der Waals surface area contributed by atoms with Crippen LogP contribution in [0.2, 0.25) is 0 Å². The van der Waals surface area contributed by atoms with Crippen LogP contribution in [0.3, 0.4) is 0 Å². The summed E-state index contributed by atoms with van der Waals surface area (Å²) in [6.07, 6.45) is 1.79. The summed E-state index contributed by atoms with van der Waals surface area (Å²) < 4.78 is 0. The Hall–Kier alpha value is -1.89. The van der Waals surface area contributed by atoms with Gasteiger partial charge in [-0.1, -0.05) is 13.8 Å². The van der Waals surface area contributed by atoms with Gasteiger partial charge in [0.2, 0.25) is 0 Å². The molecule has 0 aliphatic carbocycles. The number of aromatic nitrogens is 4. The number of aromatic amines is 1. The lowest BCUT2D eigenvalue weighted by Gasteiger charge is -2.08. The second-order valence-electron chi connectivity index (χ2n) is 4.58. The molecule has 0 saturated heterocycles. The first-order valence-corrected chi connectivity index (χ1v) is 7.80. The van der Waals surface area contributed by atoms with Crippen molar-refractivity contribution < 1.29 is 0 Å². The van der Waals surface area contributed by atoms with E-state index < -0.39 is 0 Å². The van der Waals surface area contributed by atoms with Crippen molar-refractivity contribution in [2.45, 2.75) is 43.8 Å². The van der Waals surface area contributed by atoms with Crippen LogP contribution in [0, 0.1) is 6.92 Å². The first kappa shape index (κ1) is 15.5. The van der Waals surface area contributed by atoms with E-state index in [4.69, 9.17) is 0 Å². The molecule has 7 heteroatoms. The molecule has 2 aromatic rings. The fourth-order valence-corrected chi connectivity index (χ4v) is 2.59. The number of aryl methyl sites for hydroxylation is 2. The summed E-state index contributed by atoms with van der Waals surface area (Å²) in [7, 11) is 0. The predicted molar refractivity (Wildman–Crippen MR) is 83.9 cm³/mol. The van der Waals surface area contributed by atoms with Gasteiger partial charge in [0.05, 0.1) is 0 Å². The lowest BCUT2D eigenvalue weighted by molar-refractivity contribution is 0.866. The molecule has 0 saturated carbocycles. The van der Waals surface area contributed by atoms with Gasteiger partial charge in [-0.25, -0.2) is 15.0 Å². The zero-order chi connectivity index (χ0) is 15.2. The molecule has 0 fully saturated rings. The van der Waals surface area contributed by atoms with Crippen molar-refractivity contribution in [3.63, 3.8) is 0 Å². The molecule has 112 valence electrons. The van der Waals surface area contributed by atoms with Crippen LogP contribution >= 0.6 is 11.8 Å². The van der Waals surface area contributed by atoms with E-state index in [1.54, 1.807) is 6.92 Å². The molecule has 0 spiro atoms. The first-order valence-electron chi connectivity index (χ1n) is 6.98. The van der Waals surface area contributed by atoms with E-state index in [2.05, 4.69) is 32.2 Å². The molecule has 0 aliphatic heterocycles. The van der Waals surface area contributed by atoms with E-state index in [-0.39, 0.29) is 5.56 Å². The van der Waals surface area contributed by atoms with Gasteiger partial charge >= 0.3 is 0 Å². The monoisotopic (exact) mass is 305 g/mol. The number of H-pyrrole nitrogens is 1. The molecule has 2 rings (SSSR count). The molecule has 21 heavy (non-hydrogen) atoms. The normalized spacial score (nSPS) is 10.6. The van der Waals surface area contributed by atoms with Crippen molar-refractivity contribution in [1.82, 2.24) is 19.9 Å². The van der Waals surface area contributed by atoms with Crippen LogP contribution in [-0.2, 0) is 6.42 Å². The average Bonchev–Trinajstić information content (AvgIpc) is 2.43. The minimum Gasteiger partial charge on any atom is -0.370 e. The number of hydrogen-bond donors (Lipinski definition) is 2. The van der Waals surface area contributed by atoms with E-state index in [0.717, 1.165) is 36.1 Å².